The molecule has 0 unspecified atom stereocenters. The van der Waals surface area contributed by atoms with Crippen LogP contribution in [0.1, 0.15) is 21.7 Å². The van der Waals surface area contributed by atoms with Gasteiger partial charge in [-0.15, -0.1) is 11.3 Å². The van der Waals surface area contributed by atoms with Gasteiger partial charge in [-0.1, -0.05) is 30.3 Å². The molecule has 2 aromatic heterocycles. The van der Waals surface area contributed by atoms with Gasteiger partial charge in [-0.05, 0) is 29.5 Å². The first-order chi connectivity index (χ1) is 11.2. The first-order valence-electron chi connectivity index (χ1n) is 7.80. The van der Waals surface area contributed by atoms with E-state index in [1.807, 2.05) is 22.4 Å². The monoisotopic (exact) mass is 322 g/mol. The molecule has 0 N–H and O–H groups in total. The Bertz CT molecular complexity index is 889. The van der Waals surface area contributed by atoms with Crippen molar-refractivity contribution in [3.05, 3.63) is 64.5 Å². The molecular formula is C19H18N2OS. The second-order valence-electron chi connectivity index (χ2n) is 5.88. The second-order valence-corrected chi connectivity index (χ2v) is 6.83. The van der Waals surface area contributed by atoms with Crippen molar-refractivity contribution >= 4 is 33.7 Å². The van der Waals surface area contributed by atoms with Crippen molar-refractivity contribution < 1.29 is 4.79 Å². The maximum absolute atomic E-state index is 12.4. The van der Waals surface area contributed by atoms with Crippen LogP contribution in [0.25, 0.3) is 16.5 Å². The normalized spacial score (nSPS) is 15.0. The quantitative estimate of drug-likeness (QED) is 0.695. The van der Waals surface area contributed by atoms with Crippen LogP contribution in [0.4, 0.5) is 0 Å². The Kier molecular flexibility index (Phi) is 3.54. The molecule has 1 amide bonds. The molecule has 0 fully saturated rings. The topological polar surface area (TPSA) is 25.2 Å². The summed E-state index contributed by atoms with van der Waals surface area (Å²) >= 11 is 1.51. The van der Waals surface area contributed by atoms with Crippen LogP contribution in [-0.2, 0) is 7.05 Å². The molecule has 0 atom stereocenters. The number of benzene rings is 1. The van der Waals surface area contributed by atoms with E-state index in [1.165, 1.54) is 33.4 Å². The fraction of sp³-hybridized carbons (Fsp3) is 0.211. The third-order valence-corrected chi connectivity index (χ3v) is 5.33. The Labute approximate surface area is 139 Å². The molecule has 116 valence electrons. The minimum atomic E-state index is 0.146. The Balaban J connectivity index is 1.61. The largest absolute Gasteiger partial charge is 0.350 e. The van der Waals surface area contributed by atoms with Gasteiger partial charge in [0.25, 0.3) is 5.91 Å². The molecule has 0 bridgehead atoms. The molecule has 0 aliphatic carbocycles. The summed E-state index contributed by atoms with van der Waals surface area (Å²) in [7, 11) is 2.09. The van der Waals surface area contributed by atoms with Crippen molar-refractivity contribution in [2.24, 2.45) is 7.05 Å². The number of fused-ring (bicyclic) bond motifs is 1. The molecule has 0 saturated heterocycles. The average molecular weight is 322 g/mol. The van der Waals surface area contributed by atoms with Crippen molar-refractivity contribution in [1.29, 1.82) is 0 Å². The van der Waals surface area contributed by atoms with Crippen molar-refractivity contribution in [3.8, 4) is 0 Å². The molecule has 4 rings (SSSR count). The summed E-state index contributed by atoms with van der Waals surface area (Å²) in [5.41, 5.74) is 3.89. The number of hydrogen-bond donors (Lipinski definition) is 0. The molecule has 4 heteroatoms. The van der Waals surface area contributed by atoms with Crippen LogP contribution in [0, 0.1) is 0 Å². The van der Waals surface area contributed by atoms with E-state index in [4.69, 9.17) is 0 Å². The number of nitrogens with zero attached hydrogens (tertiary/aromatic N) is 2. The third-order valence-electron chi connectivity index (χ3n) is 4.47. The van der Waals surface area contributed by atoms with E-state index in [1.54, 1.807) is 0 Å². The standard InChI is InChI=1S/C19H18N2OS/c1-20-13-16(15-5-2-3-6-17(15)20)14-8-10-21(11-9-14)19(22)18-7-4-12-23-18/h2-8,12-13H,9-11H2,1H3. The van der Waals surface area contributed by atoms with Gasteiger partial charge in [0.2, 0.25) is 0 Å². The zero-order valence-corrected chi connectivity index (χ0v) is 13.8. The molecule has 0 spiro atoms. The molecule has 3 heterocycles. The van der Waals surface area contributed by atoms with Gasteiger partial charge < -0.3 is 9.47 Å². The molecule has 1 aromatic carbocycles. The number of amides is 1. The highest BCUT2D eigenvalue weighted by Gasteiger charge is 2.21. The Morgan fingerprint density at radius 1 is 1.17 bits per heavy atom. The number of rotatable bonds is 2. The lowest BCUT2D eigenvalue weighted by molar-refractivity contribution is 0.0777. The molecular weight excluding hydrogens is 304 g/mol. The van der Waals surface area contributed by atoms with E-state index in [0.717, 1.165) is 17.8 Å². The maximum Gasteiger partial charge on any atom is 0.264 e. The number of aromatic nitrogens is 1. The van der Waals surface area contributed by atoms with Crippen molar-refractivity contribution in [2.45, 2.75) is 6.42 Å². The molecule has 1 aliphatic rings. The molecule has 3 nitrogen and oxygen atoms in total. The van der Waals surface area contributed by atoms with E-state index in [0.29, 0.717) is 6.54 Å². The minimum Gasteiger partial charge on any atom is -0.350 e. The number of carbonyl (C=O) groups is 1. The number of carbonyl (C=O) groups excluding carboxylic acids is 1. The van der Waals surface area contributed by atoms with Gasteiger partial charge in [-0.2, -0.15) is 0 Å². The Morgan fingerprint density at radius 3 is 2.78 bits per heavy atom. The van der Waals surface area contributed by atoms with E-state index < -0.39 is 0 Å². The SMILES string of the molecule is Cn1cc(C2=CCN(C(=O)c3cccs3)CC2)c2ccccc21. The van der Waals surface area contributed by atoms with Crippen LogP contribution < -0.4 is 0 Å². The van der Waals surface area contributed by atoms with E-state index in [2.05, 4.69) is 48.2 Å². The Hall–Kier alpha value is -2.33. The van der Waals surface area contributed by atoms with Crippen LogP contribution in [0.15, 0.2) is 54.1 Å². The molecule has 23 heavy (non-hydrogen) atoms. The smallest absolute Gasteiger partial charge is 0.264 e. The highest BCUT2D eigenvalue weighted by molar-refractivity contribution is 7.12. The summed E-state index contributed by atoms with van der Waals surface area (Å²) < 4.78 is 2.18. The zero-order valence-electron chi connectivity index (χ0n) is 13.0. The average Bonchev–Trinajstić information content (AvgIpc) is 3.23. The zero-order chi connectivity index (χ0) is 15.8. The number of hydrogen-bond acceptors (Lipinski definition) is 2. The van der Waals surface area contributed by atoms with E-state index in [-0.39, 0.29) is 5.91 Å². The van der Waals surface area contributed by atoms with Gasteiger partial charge in [0.05, 0.1) is 4.88 Å². The maximum atomic E-state index is 12.4. The fourth-order valence-corrected chi connectivity index (χ4v) is 3.94. The lowest BCUT2D eigenvalue weighted by Crippen LogP contribution is -2.34. The van der Waals surface area contributed by atoms with Crippen LogP contribution >= 0.6 is 11.3 Å². The first-order valence-corrected chi connectivity index (χ1v) is 8.68. The summed E-state index contributed by atoms with van der Waals surface area (Å²) in [6.45, 7) is 1.47. The molecule has 1 aliphatic heterocycles. The summed E-state index contributed by atoms with van der Waals surface area (Å²) in [5.74, 6) is 0.146. The highest BCUT2D eigenvalue weighted by Crippen LogP contribution is 2.30. The predicted molar refractivity (Wildman–Crippen MR) is 95.7 cm³/mol. The van der Waals surface area contributed by atoms with Gasteiger partial charge in [0.15, 0.2) is 0 Å². The van der Waals surface area contributed by atoms with Gasteiger partial charge in [0, 0.05) is 42.8 Å². The third kappa shape index (κ3) is 2.49. The van der Waals surface area contributed by atoms with Crippen LogP contribution in [0.3, 0.4) is 0 Å². The van der Waals surface area contributed by atoms with Gasteiger partial charge in [0.1, 0.15) is 0 Å². The van der Waals surface area contributed by atoms with Crippen molar-refractivity contribution in [1.82, 2.24) is 9.47 Å². The number of para-hydroxylation sites is 1. The predicted octanol–water partition coefficient (Wildman–Crippen LogP) is 4.17. The summed E-state index contributed by atoms with van der Waals surface area (Å²) in [6, 6.07) is 12.3. The highest BCUT2D eigenvalue weighted by atomic mass is 32.1. The number of aryl methyl sites for hydroxylation is 1. The Morgan fingerprint density at radius 2 is 2.04 bits per heavy atom. The second kappa shape index (κ2) is 5.70. The fourth-order valence-electron chi connectivity index (χ4n) is 3.25. The van der Waals surface area contributed by atoms with Gasteiger partial charge >= 0.3 is 0 Å². The first kappa shape index (κ1) is 14.3. The summed E-state index contributed by atoms with van der Waals surface area (Å²) in [5, 5.41) is 3.24. The van der Waals surface area contributed by atoms with E-state index >= 15 is 0 Å². The number of thiophene rings is 1. The van der Waals surface area contributed by atoms with Crippen LogP contribution in [0.5, 0.6) is 0 Å². The molecule has 3 aromatic rings. The lowest BCUT2D eigenvalue weighted by atomic mass is 9.99. The van der Waals surface area contributed by atoms with Gasteiger partial charge in [-0.25, -0.2) is 0 Å². The van der Waals surface area contributed by atoms with Gasteiger partial charge in [-0.3, -0.25) is 4.79 Å². The lowest BCUT2D eigenvalue weighted by Gasteiger charge is -2.26. The summed E-state index contributed by atoms with van der Waals surface area (Å²) in [6.07, 6.45) is 5.31. The minimum absolute atomic E-state index is 0.146. The molecule has 0 radical (unpaired) electrons. The van der Waals surface area contributed by atoms with E-state index in [9.17, 15) is 4.79 Å². The summed E-state index contributed by atoms with van der Waals surface area (Å²) in [4.78, 5) is 15.2. The van der Waals surface area contributed by atoms with Crippen LogP contribution in [0.2, 0.25) is 0 Å². The van der Waals surface area contributed by atoms with Crippen molar-refractivity contribution in [3.63, 3.8) is 0 Å². The van der Waals surface area contributed by atoms with Crippen LogP contribution in [-0.4, -0.2) is 28.5 Å². The molecule has 0 saturated carbocycles. The van der Waals surface area contributed by atoms with Crippen molar-refractivity contribution in [2.75, 3.05) is 13.1 Å².